The second-order valence-electron chi connectivity index (χ2n) is 6.83. The molecule has 7 heteroatoms. The summed E-state index contributed by atoms with van der Waals surface area (Å²) in [7, 11) is 0. The number of anilines is 1. The van der Waals surface area contributed by atoms with E-state index in [2.05, 4.69) is 5.32 Å². The lowest BCUT2D eigenvalue weighted by atomic mass is 9.89. The van der Waals surface area contributed by atoms with Gasteiger partial charge in [0.2, 0.25) is 5.91 Å². The number of aryl methyl sites for hydroxylation is 1. The van der Waals surface area contributed by atoms with Gasteiger partial charge in [0.15, 0.2) is 0 Å². The molecule has 3 rings (SSSR count). The van der Waals surface area contributed by atoms with E-state index < -0.39 is 5.97 Å². The van der Waals surface area contributed by atoms with Crippen LogP contribution in [0.1, 0.15) is 57.5 Å². The zero-order valence-electron chi connectivity index (χ0n) is 15.3. The Morgan fingerprint density at radius 1 is 1.30 bits per heavy atom. The first-order valence-electron chi connectivity index (χ1n) is 8.85. The van der Waals surface area contributed by atoms with Gasteiger partial charge >= 0.3 is 5.97 Å². The Morgan fingerprint density at radius 2 is 2.07 bits per heavy atom. The predicted octanol–water partition coefficient (Wildman–Crippen LogP) is 3.73. The number of carbonyl (C=O) groups excluding carboxylic acids is 2. The highest BCUT2D eigenvalue weighted by atomic mass is 32.1. The van der Waals surface area contributed by atoms with Crippen molar-refractivity contribution in [1.82, 2.24) is 4.90 Å². The van der Waals surface area contributed by atoms with Gasteiger partial charge in [-0.15, -0.1) is 11.3 Å². The predicted molar refractivity (Wildman–Crippen MR) is 105 cm³/mol. The van der Waals surface area contributed by atoms with Crippen LogP contribution < -0.4 is 5.32 Å². The zero-order chi connectivity index (χ0) is 19.6. The number of piperidine rings is 1. The fourth-order valence-corrected chi connectivity index (χ4v) is 4.49. The molecular weight excluding hydrogens is 364 g/mol. The number of likely N-dealkylation sites (tertiary alicyclic amines) is 1. The maximum Gasteiger partial charge on any atom is 0.339 e. The Bertz CT molecular complexity index is 890. The Hall–Kier alpha value is -2.67. The van der Waals surface area contributed by atoms with Gasteiger partial charge in [-0.05, 0) is 42.8 Å². The monoisotopic (exact) mass is 386 g/mol. The maximum absolute atomic E-state index is 12.5. The number of carboxylic acids is 1. The third kappa shape index (κ3) is 4.19. The van der Waals surface area contributed by atoms with E-state index in [1.165, 1.54) is 18.3 Å². The van der Waals surface area contributed by atoms with Crippen LogP contribution in [-0.4, -0.2) is 40.9 Å². The van der Waals surface area contributed by atoms with Crippen LogP contribution in [0.15, 0.2) is 29.6 Å². The largest absolute Gasteiger partial charge is 0.478 e. The lowest BCUT2D eigenvalue weighted by molar-refractivity contribution is -0.130. The summed E-state index contributed by atoms with van der Waals surface area (Å²) < 4.78 is 0. The van der Waals surface area contributed by atoms with E-state index in [4.69, 9.17) is 0 Å². The summed E-state index contributed by atoms with van der Waals surface area (Å²) in [5.41, 5.74) is 2.27. The van der Waals surface area contributed by atoms with Crippen molar-refractivity contribution in [2.75, 3.05) is 18.4 Å². The smallest absolute Gasteiger partial charge is 0.339 e. The second kappa shape index (κ2) is 7.92. The first-order chi connectivity index (χ1) is 12.9. The Morgan fingerprint density at radius 3 is 2.74 bits per heavy atom. The average molecular weight is 386 g/mol. The number of hydrogen-bond donors (Lipinski definition) is 2. The second-order valence-corrected chi connectivity index (χ2v) is 7.71. The number of nitrogens with zero attached hydrogens (tertiary/aromatic N) is 1. The van der Waals surface area contributed by atoms with E-state index in [9.17, 15) is 19.5 Å². The summed E-state index contributed by atoms with van der Waals surface area (Å²) in [6, 6.07) is 7.15. The number of carbonyl (C=O) groups is 3. The summed E-state index contributed by atoms with van der Waals surface area (Å²) in [6.07, 6.45) is 1.66. The number of amides is 2. The van der Waals surface area contributed by atoms with Gasteiger partial charge in [-0.2, -0.15) is 0 Å². The van der Waals surface area contributed by atoms with Crippen LogP contribution in [0.5, 0.6) is 0 Å². The highest BCUT2D eigenvalue weighted by molar-refractivity contribution is 7.15. The minimum Gasteiger partial charge on any atom is -0.478 e. The number of thiophene rings is 1. The number of benzene rings is 1. The molecule has 1 aromatic heterocycles. The molecule has 1 aromatic carbocycles. The number of carboxylic acid groups (broad SMARTS) is 1. The Balaban J connectivity index is 1.86. The zero-order valence-corrected chi connectivity index (χ0v) is 16.1. The van der Waals surface area contributed by atoms with Crippen LogP contribution in [0.4, 0.5) is 5.00 Å². The number of rotatable bonds is 4. The van der Waals surface area contributed by atoms with Crippen molar-refractivity contribution in [2.45, 2.75) is 32.6 Å². The van der Waals surface area contributed by atoms with Gasteiger partial charge < -0.3 is 15.3 Å². The van der Waals surface area contributed by atoms with Crippen LogP contribution in [0, 0.1) is 6.92 Å². The van der Waals surface area contributed by atoms with Gasteiger partial charge in [0.25, 0.3) is 5.91 Å². The molecule has 2 amide bonds. The molecule has 0 radical (unpaired) electrons. The summed E-state index contributed by atoms with van der Waals surface area (Å²) in [4.78, 5) is 37.9. The molecular formula is C20H22N2O4S. The minimum atomic E-state index is -1.06. The van der Waals surface area contributed by atoms with E-state index in [1.807, 2.05) is 13.0 Å². The van der Waals surface area contributed by atoms with E-state index in [0.717, 1.165) is 18.4 Å². The number of aromatic carboxylic acids is 1. The van der Waals surface area contributed by atoms with E-state index in [-0.39, 0.29) is 23.3 Å². The van der Waals surface area contributed by atoms with Crippen LogP contribution in [0.25, 0.3) is 0 Å². The van der Waals surface area contributed by atoms with Gasteiger partial charge in [-0.1, -0.05) is 17.7 Å². The van der Waals surface area contributed by atoms with E-state index >= 15 is 0 Å². The fraction of sp³-hybridized carbons (Fsp3) is 0.350. The summed E-state index contributed by atoms with van der Waals surface area (Å²) in [6.45, 7) is 4.64. The van der Waals surface area contributed by atoms with Crippen molar-refractivity contribution in [3.63, 3.8) is 0 Å². The first kappa shape index (κ1) is 19.1. The lowest BCUT2D eigenvalue weighted by Crippen LogP contribution is -2.37. The van der Waals surface area contributed by atoms with Gasteiger partial charge in [-0.3, -0.25) is 9.59 Å². The maximum atomic E-state index is 12.5. The average Bonchev–Trinajstić information content (AvgIpc) is 3.05. The van der Waals surface area contributed by atoms with Crippen molar-refractivity contribution in [1.29, 1.82) is 0 Å². The molecule has 0 spiro atoms. The van der Waals surface area contributed by atoms with Gasteiger partial charge in [0.05, 0.1) is 5.56 Å². The highest BCUT2D eigenvalue weighted by Gasteiger charge is 2.29. The molecule has 1 atom stereocenters. The molecule has 0 bridgehead atoms. The molecule has 27 heavy (non-hydrogen) atoms. The van der Waals surface area contributed by atoms with Crippen molar-refractivity contribution in [2.24, 2.45) is 0 Å². The normalized spacial score (nSPS) is 16.8. The minimum absolute atomic E-state index is 0.000205. The topological polar surface area (TPSA) is 86.7 Å². The van der Waals surface area contributed by atoms with Crippen molar-refractivity contribution in [3.05, 3.63) is 51.9 Å². The van der Waals surface area contributed by atoms with E-state index in [1.54, 1.807) is 28.5 Å². The molecule has 1 aliphatic rings. The van der Waals surface area contributed by atoms with Crippen molar-refractivity contribution >= 4 is 34.1 Å². The van der Waals surface area contributed by atoms with Gasteiger partial charge in [-0.25, -0.2) is 4.79 Å². The van der Waals surface area contributed by atoms with Crippen molar-refractivity contribution < 1.29 is 19.5 Å². The van der Waals surface area contributed by atoms with Crippen LogP contribution in [0.2, 0.25) is 0 Å². The standard InChI is InChI=1S/C20H22N2O4S/c1-12-5-3-6-14(9-12)18(24)21-19-17(20(25)26)16(11-27-19)15-7-4-8-22(10-15)13(2)23/h3,5-6,9,11,15H,4,7-8,10H2,1-2H3,(H,21,24)(H,25,26). The molecule has 0 saturated carbocycles. The first-order valence-corrected chi connectivity index (χ1v) is 9.73. The molecule has 1 unspecified atom stereocenters. The summed E-state index contributed by atoms with van der Waals surface area (Å²) >= 11 is 1.22. The van der Waals surface area contributed by atoms with Gasteiger partial charge in [0.1, 0.15) is 5.00 Å². The Labute approximate surface area is 161 Å². The summed E-state index contributed by atoms with van der Waals surface area (Å²) in [5, 5.41) is 14.6. The molecule has 1 saturated heterocycles. The molecule has 1 fully saturated rings. The summed E-state index contributed by atoms with van der Waals surface area (Å²) in [5.74, 6) is -1.43. The molecule has 1 aliphatic heterocycles. The molecule has 0 aliphatic carbocycles. The van der Waals surface area contributed by atoms with E-state index in [0.29, 0.717) is 29.2 Å². The third-order valence-corrected chi connectivity index (χ3v) is 5.76. The lowest BCUT2D eigenvalue weighted by Gasteiger charge is -2.32. The number of nitrogens with one attached hydrogen (secondary N) is 1. The Kier molecular flexibility index (Phi) is 5.60. The van der Waals surface area contributed by atoms with Crippen molar-refractivity contribution in [3.8, 4) is 0 Å². The molecule has 6 nitrogen and oxygen atoms in total. The van der Waals surface area contributed by atoms with Crippen LogP contribution >= 0.6 is 11.3 Å². The van der Waals surface area contributed by atoms with Crippen LogP contribution in [-0.2, 0) is 4.79 Å². The van der Waals surface area contributed by atoms with Gasteiger partial charge in [0, 0.05) is 31.5 Å². The molecule has 2 heterocycles. The highest BCUT2D eigenvalue weighted by Crippen LogP contribution is 2.37. The third-order valence-electron chi connectivity index (χ3n) is 4.85. The van der Waals surface area contributed by atoms with Crippen LogP contribution in [0.3, 0.4) is 0 Å². The molecule has 2 N–H and O–H groups in total. The quantitative estimate of drug-likeness (QED) is 0.838. The fourth-order valence-electron chi connectivity index (χ4n) is 3.46. The SMILES string of the molecule is CC(=O)N1CCCC(c2csc(NC(=O)c3cccc(C)c3)c2C(=O)O)C1. The molecule has 142 valence electrons. The molecule has 2 aromatic rings. The number of hydrogen-bond acceptors (Lipinski definition) is 4.